The van der Waals surface area contributed by atoms with E-state index in [2.05, 4.69) is 75.1 Å². The molecule has 1 aromatic heterocycles. The highest BCUT2D eigenvalue weighted by Gasteiger charge is 2.70. The van der Waals surface area contributed by atoms with Crippen LogP contribution in [0.1, 0.15) is 93.4 Å². The summed E-state index contributed by atoms with van der Waals surface area (Å²) in [7, 11) is 0. The molecule has 5 heteroatoms. The number of aliphatic hydroxyl groups is 1. The maximum atomic E-state index is 14.6. The van der Waals surface area contributed by atoms with E-state index in [-0.39, 0.29) is 45.3 Å². The Labute approximate surface area is 228 Å². The monoisotopic (exact) mass is 515 g/mol. The van der Waals surface area contributed by atoms with Crippen molar-refractivity contribution < 1.29 is 9.90 Å². The van der Waals surface area contributed by atoms with E-state index in [9.17, 15) is 9.90 Å². The van der Waals surface area contributed by atoms with Crippen LogP contribution in [-0.2, 0) is 10.3 Å². The van der Waals surface area contributed by atoms with Gasteiger partial charge >= 0.3 is 0 Å². The predicted molar refractivity (Wildman–Crippen MR) is 149 cm³/mol. The minimum absolute atomic E-state index is 0.0221. The molecule has 3 fully saturated rings. The number of hydrogen-bond donors (Lipinski definition) is 1. The summed E-state index contributed by atoms with van der Waals surface area (Å²) in [6.07, 6.45) is 15.1. The van der Waals surface area contributed by atoms with Crippen LogP contribution in [-0.4, -0.2) is 20.4 Å². The van der Waals surface area contributed by atoms with Gasteiger partial charge < -0.3 is 9.67 Å². The fraction of sp³-hybridized carbons (Fsp3) is 0.727. The number of ketones is 1. The molecule has 0 aromatic carbocycles. The minimum atomic E-state index is -0.480. The van der Waals surface area contributed by atoms with Crippen molar-refractivity contribution in [3.8, 4) is 0 Å². The molecule has 204 valence electrons. The molecule has 0 saturated heterocycles. The van der Waals surface area contributed by atoms with Gasteiger partial charge in [-0.3, -0.25) is 4.79 Å². The van der Waals surface area contributed by atoms with Crippen molar-refractivity contribution in [2.75, 3.05) is 0 Å². The molecular formula is C33H45N3O2. The van der Waals surface area contributed by atoms with Crippen LogP contribution in [0, 0.1) is 57.8 Å². The number of aromatic nitrogens is 2. The van der Waals surface area contributed by atoms with E-state index in [0.29, 0.717) is 29.7 Å². The lowest BCUT2D eigenvalue weighted by Crippen LogP contribution is -2.67. The maximum Gasteiger partial charge on any atom is 0.203 e. The highest BCUT2D eigenvalue weighted by Crippen LogP contribution is 2.75. The Morgan fingerprint density at radius 1 is 1.08 bits per heavy atom. The highest BCUT2D eigenvalue weighted by atomic mass is 16.3. The summed E-state index contributed by atoms with van der Waals surface area (Å²) >= 11 is 0. The first-order valence-electron chi connectivity index (χ1n) is 14.8. The Morgan fingerprint density at radius 2 is 1.82 bits per heavy atom. The number of carbonyl (C=O) groups excluding carboxylic acids is 1. The van der Waals surface area contributed by atoms with E-state index in [1.54, 1.807) is 0 Å². The molecular weight excluding hydrogens is 470 g/mol. The van der Waals surface area contributed by atoms with Crippen molar-refractivity contribution in [1.29, 1.82) is 0 Å². The molecule has 5 nitrogen and oxygen atoms in total. The molecule has 0 unspecified atom stereocenters. The number of fused-ring (bicyclic) bond motifs is 7. The first kappa shape index (κ1) is 25.9. The number of aliphatic hydroxyl groups excluding tert-OH is 1. The molecule has 0 bridgehead atoms. The number of rotatable bonds is 1. The van der Waals surface area contributed by atoms with Crippen LogP contribution >= 0.6 is 0 Å². The Hall–Kier alpha value is -2.35. The lowest BCUT2D eigenvalue weighted by atomic mass is 9.34. The van der Waals surface area contributed by atoms with E-state index in [1.807, 2.05) is 12.5 Å². The van der Waals surface area contributed by atoms with Crippen molar-refractivity contribution in [3.05, 3.63) is 53.2 Å². The largest absolute Gasteiger partial charge is 0.523 e. The van der Waals surface area contributed by atoms with Gasteiger partial charge in [-0.1, -0.05) is 54.0 Å². The Morgan fingerprint density at radius 3 is 2.47 bits per heavy atom. The fourth-order valence-corrected chi connectivity index (χ4v) is 11.0. The molecule has 9 atom stereocenters. The van der Waals surface area contributed by atoms with Gasteiger partial charge in [-0.25, -0.2) is 9.83 Å². The first-order chi connectivity index (χ1) is 17.8. The van der Waals surface area contributed by atoms with Crippen LogP contribution in [0.3, 0.4) is 0 Å². The van der Waals surface area contributed by atoms with E-state index in [0.717, 1.165) is 32.1 Å². The second kappa shape index (κ2) is 7.86. The van der Waals surface area contributed by atoms with E-state index in [4.69, 9.17) is 6.57 Å². The van der Waals surface area contributed by atoms with Crippen molar-refractivity contribution in [2.45, 2.75) is 99.0 Å². The third-order valence-corrected chi connectivity index (χ3v) is 13.4. The van der Waals surface area contributed by atoms with Gasteiger partial charge in [0, 0.05) is 29.3 Å². The van der Waals surface area contributed by atoms with Crippen LogP contribution in [0.4, 0.5) is 0 Å². The zero-order valence-electron chi connectivity index (χ0n) is 24.3. The lowest BCUT2D eigenvalue weighted by Gasteiger charge is -2.70. The molecule has 38 heavy (non-hydrogen) atoms. The normalized spacial score (nSPS) is 47.7. The number of hydrogen-bond acceptors (Lipinski definition) is 3. The summed E-state index contributed by atoms with van der Waals surface area (Å²) in [6.45, 7) is 24.0. The number of carbonyl (C=O) groups is 1. The van der Waals surface area contributed by atoms with Gasteiger partial charge in [-0.05, 0) is 90.9 Å². The molecule has 1 N–H and O–H groups in total. The molecule has 5 aliphatic rings. The quantitative estimate of drug-likeness (QED) is 0.389. The Balaban J connectivity index is 1.53. The van der Waals surface area contributed by atoms with Gasteiger partial charge in [0.05, 0.1) is 12.9 Å². The van der Waals surface area contributed by atoms with E-state index < -0.39 is 5.41 Å². The van der Waals surface area contributed by atoms with Crippen LogP contribution in [0.2, 0.25) is 0 Å². The van der Waals surface area contributed by atoms with Gasteiger partial charge in [-0.15, -0.1) is 0 Å². The zero-order chi connectivity index (χ0) is 27.5. The molecule has 0 spiro atoms. The average molecular weight is 516 g/mol. The number of allylic oxidation sites excluding steroid dienone is 4. The maximum absolute atomic E-state index is 14.6. The molecule has 0 radical (unpaired) electrons. The van der Waals surface area contributed by atoms with Crippen molar-refractivity contribution in [2.24, 2.45) is 51.2 Å². The summed E-state index contributed by atoms with van der Waals surface area (Å²) in [5.41, 5.74) is 0.643. The Kier molecular flexibility index (Phi) is 5.36. The van der Waals surface area contributed by atoms with Gasteiger partial charge in [0.1, 0.15) is 5.76 Å². The van der Waals surface area contributed by atoms with Crippen LogP contribution in [0.5, 0.6) is 0 Å². The van der Waals surface area contributed by atoms with Gasteiger partial charge in [0.25, 0.3) is 0 Å². The molecule has 3 saturated carbocycles. The van der Waals surface area contributed by atoms with Crippen LogP contribution < -0.4 is 0 Å². The highest BCUT2D eigenvalue weighted by molar-refractivity contribution is 5.95. The summed E-state index contributed by atoms with van der Waals surface area (Å²) < 4.78 is 2.37. The second-order valence-electron chi connectivity index (χ2n) is 15.0. The van der Waals surface area contributed by atoms with Crippen molar-refractivity contribution >= 4 is 5.78 Å². The molecule has 5 aliphatic carbocycles. The standard InChI is InChI=1S/C33H45N3O2/c1-20-9-12-33(36-16-15-35-19-36)14-13-32(7)27(26(33)21(20)2)23(37)17-25-30(5)18-22(34-8)28(38)29(3,4)24(30)10-11-31(25,32)6/h15-17,19-21,24,26-27,38H,9-14,18H2,1-7H3/t20-,21+,24+,26+,27-,30+,31-,32-,33+/m1/s1. The van der Waals surface area contributed by atoms with Crippen LogP contribution in [0.25, 0.3) is 4.85 Å². The van der Waals surface area contributed by atoms with Crippen molar-refractivity contribution in [1.82, 2.24) is 9.55 Å². The Bertz CT molecular complexity index is 1280. The first-order valence-corrected chi connectivity index (χ1v) is 14.8. The topological polar surface area (TPSA) is 59.5 Å². The summed E-state index contributed by atoms with van der Waals surface area (Å²) in [5.74, 6) is 2.06. The lowest BCUT2D eigenvalue weighted by molar-refractivity contribution is -0.174. The average Bonchev–Trinajstić information content (AvgIpc) is 3.41. The molecule has 6 rings (SSSR count). The molecule has 0 aliphatic heterocycles. The van der Waals surface area contributed by atoms with Gasteiger partial charge in [0.15, 0.2) is 5.78 Å². The summed E-state index contributed by atoms with van der Waals surface area (Å²) in [4.78, 5) is 22.9. The molecule has 1 aromatic rings. The van der Waals surface area contributed by atoms with Crippen LogP contribution in [0.15, 0.2) is 41.8 Å². The third-order valence-electron chi connectivity index (χ3n) is 13.4. The second-order valence-corrected chi connectivity index (χ2v) is 15.0. The molecule has 0 amide bonds. The number of imidazole rings is 1. The van der Waals surface area contributed by atoms with Gasteiger partial charge in [0.2, 0.25) is 5.70 Å². The summed E-state index contributed by atoms with van der Waals surface area (Å²) in [6, 6.07) is 0. The zero-order valence-corrected chi connectivity index (χ0v) is 24.3. The molecule has 1 heterocycles. The summed E-state index contributed by atoms with van der Waals surface area (Å²) in [5, 5.41) is 11.1. The van der Waals surface area contributed by atoms with E-state index in [1.165, 1.54) is 12.0 Å². The predicted octanol–water partition coefficient (Wildman–Crippen LogP) is 7.73. The number of nitrogens with zero attached hydrogens (tertiary/aromatic N) is 3. The smallest absolute Gasteiger partial charge is 0.203 e. The fourth-order valence-electron chi connectivity index (χ4n) is 11.0. The van der Waals surface area contributed by atoms with E-state index >= 15 is 0 Å². The third kappa shape index (κ3) is 2.88. The SMILES string of the molecule is [C-]#[N+]C1=C(O)C(C)(C)[C@@H]2CC[C@]3(C)C(=CC(=O)[C@@H]4[C@@H]5[C@@H](C)[C@H](C)CC[C@]5(n5ccnc5)CC[C@]43C)[C@@]2(C)C1. The van der Waals surface area contributed by atoms with Crippen molar-refractivity contribution in [3.63, 3.8) is 0 Å². The van der Waals surface area contributed by atoms with Gasteiger partial charge in [-0.2, -0.15) is 0 Å². The minimum Gasteiger partial charge on any atom is -0.523 e.